The van der Waals surface area contributed by atoms with Gasteiger partial charge in [-0.2, -0.15) is 0 Å². The van der Waals surface area contributed by atoms with E-state index in [0.29, 0.717) is 11.9 Å². The van der Waals surface area contributed by atoms with E-state index in [4.69, 9.17) is 4.74 Å². The van der Waals surface area contributed by atoms with Gasteiger partial charge in [0.2, 0.25) is 0 Å². The van der Waals surface area contributed by atoms with Gasteiger partial charge in [-0.25, -0.2) is 15.0 Å². The van der Waals surface area contributed by atoms with Crippen molar-refractivity contribution in [2.45, 2.75) is 25.8 Å². The van der Waals surface area contributed by atoms with E-state index in [1.54, 1.807) is 6.20 Å². The molecule has 0 amide bonds. The number of hydrogen-bond acceptors (Lipinski definition) is 5. The van der Waals surface area contributed by atoms with Crippen LogP contribution in [0.1, 0.15) is 25.6 Å². The van der Waals surface area contributed by atoms with Crippen LogP contribution >= 0.6 is 0 Å². The van der Waals surface area contributed by atoms with Gasteiger partial charge in [0.1, 0.15) is 5.82 Å². The van der Waals surface area contributed by atoms with Crippen LogP contribution in [0, 0.1) is 0 Å². The lowest BCUT2D eigenvalue weighted by atomic mass is 10.1. The molecule has 0 saturated carbocycles. The van der Waals surface area contributed by atoms with Crippen molar-refractivity contribution in [1.29, 1.82) is 0 Å². The van der Waals surface area contributed by atoms with Crippen LogP contribution in [0.4, 0.5) is 5.82 Å². The molecule has 0 unspecified atom stereocenters. The standard InChI is InChI=1S/C20H23N5O/c1-13(2)20-21-7-4-16(24-20)18-10-14-12-22-19(11-17(14)25(18)3)23-15-5-8-26-9-6-15/h4,7,10-12,15H,1,5-6,8-9H2,2-3H3,(H,22,23). The summed E-state index contributed by atoms with van der Waals surface area (Å²) in [5, 5.41) is 4.62. The highest BCUT2D eigenvalue weighted by atomic mass is 16.5. The Labute approximate surface area is 153 Å². The second-order valence-electron chi connectivity index (χ2n) is 6.79. The average molecular weight is 349 g/mol. The van der Waals surface area contributed by atoms with Crippen LogP contribution in [0.25, 0.3) is 27.9 Å². The largest absolute Gasteiger partial charge is 0.381 e. The van der Waals surface area contributed by atoms with E-state index in [-0.39, 0.29) is 0 Å². The predicted octanol–water partition coefficient (Wildman–Crippen LogP) is 3.65. The molecular weight excluding hydrogens is 326 g/mol. The van der Waals surface area contributed by atoms with Crippen LogP contribution in [0.2, 0.25) is 0 Å². The summed E-state index contributed by atoms with van der Waals surface area (Å²) in [5.41, 5.74) is 3.90. The zero-order chi connectivity index (χ0) is 18.1. The quantitative estimate of drug-likeness (QED) is 0.779. The van der Waals surface area contributed by atoms with Gasteiger partial charge in [-0.1, -0.05) is 6.58 Å². The van der Waals surface area contributed by atoms with E-state index in [2.05, 4.69) is 50.6 Å². The van der Waals surface area contributed by atoms with Crippen LogP contribution < -0.4 is 5.32 Å². The lowest BCUT2D eigenvalue weighted by Crippen LogP contribution is -2.28. The summed E-state index contributed by atoms with van der Waals surface area (Å²) >= 11 is 0. The number of allylic oxidation sites excluding steroid dienone is 1. The lowest BCUT2D eigenvalue weighted by Gasteiger charge is -2.23. The zero-order valence-electron chi connectivity index (χ0n) is 15.2. The fourth-order valence-corrected chi connectivity index (χ4v) is 3.31. The molecule has 0 bridgehead atoms. The molecule has 0 aromatic carbocycles. The first-order chi connectivity index (χ1) is 12.6. The van der Waals surface area contributed by atoms with Gasteiger partial charge in [0.25, 0.3) is 0 Å². The van der Waals surface area contributed by atoms with Crippen molar-refractivity contribution in [1.82, 2.24) is 19.5 Å². The maximum Gasteiger partial charge on any atom is 0.154 e. The maximum atomic E-state index is 5.42. The number of nitrogens with one attached hydrogen (secondary N) is 1. The Bertz CT molecular complexity index is 956. The van der Waals surface area contributed by atoms with Crippen molar-refractivity contribution < 1.29 is 4.74 Å². The number of hydrogen-bond donors (Lipinski definition) is 1. The number of anilines is 1. The third kappa shape index (κ3) is 3.20. The molecular formula is C20H23N5O. The van der Waals surface area contributed by atoms with Crippen molar-refractivity contribution in [3.63, 3.8) is 0 Å². The molecule has 4 heterocycles. The van der Waals surface area contributed by atoms with E-state index in [1.807, 2.05) is 19.2 Å². The van der Waals surface area contributed by atoms with Crippen molar-refractivity contribution >= 4 is 22.3 Å². The average Bonchev–Trinajstić information content (AvgIpc) is 2.99. The van der Waals surface area contributed by atoms with Crippen LogP contribution in [-0.2, 0) is 11.8 Å². The molecule has 6 heteroatoms. The molecule has 134 valence electrons. The summed E-state index contributed by atoms with van der Waals surface area (Å²) in [6.07, 6.45) is 5.73. The van der Waals surface area contributed by atoms with E-state index < -0.39 is 0 Å². The fourth-order valence-electron chi connectivity index (χ4n) is 3.31. The third-order valence-corrected chi connectivity index (χ3v) is 4.80. The molecule has 26 heavy (non-hydrogen) atoms. The third-order valence-electron chi connectivity index (χ3n) is 4.80. The molecule has 6 nitrogen and oxygen atoms in total. The molecule has 1 aliphatic heterocycles. The normalized spacial score (nSPS) is 15.3. The van der Waals surface area contributed by atoms with Gasteiger partial charge in [0.15, 0.2) is 5.82 Å². The number of fused-ring (bicyclic) bond motifs is 1. The second kappa shape index (κ2) is 6.88. The molecule has 3 aromatic heterocycles. The summed E-state index contributed by atoms with van der Waals surface area (Å²) in [5.74, 6) is 1.58. The molecule has 4 rings (SSSR count). The molecule has 0 aliphatic carbocycles. The molecule has 3 aromatic rings. The van der Waals surface area contributed by atoms with E-state index in [0.717, 1.165) is 59.7 Å². The monoisotopic (exact) mass is 349 g/mol. The number of ether oxygens (including phenoxy) is 1. The molecule has 0 radical (unpaired) electrons. The maximum absolute atomic E-state index is 5.42. The van der Waals surface area contributed by atoms with Crippen molar-refractivity contribution in [3.05, 3.63) is 43.0 Å². The van der Waals surface area contributed by atoms with Gasteiger partial charge >= 0.3 is 0 Å². The molecule has 1 N–H and O–H groups in total. The Morgan fingerprint density at radius 2 is 2.08 bits per heavy atom. The lowest BCUT2D eigenvalue weighted by molar-refractivity contribution is 0.0904. The van der Waals surface area contributed by atoms with Gasteiger partial charge in [-0.3, -0.25) is 0 Å². The first-order valence-electron chi connectivity index (χ1n) is 8.91. The van der Waals surface area contributed by atoms with Crippen LogP contribution in [0.3, 0.4) is 0 Å². The summed E-state index contributed by atoms with van der Waals surface area (Å²) in [4.78, 5) is 13.5. The highest BCUT2D eigenvalue weighted by Gasteiger charge is 2.15. The van der Waals surface area contributed by atoms with Crippen molar-refractivity contribution in [2.75, 3.05) is 18.5 Å². The van der Waals surface area contributed by atoms with Crippen molar-refractivity contribution in [3.8, 4) is 11.4 Å². The van der Waals surface area contributed by atoms with E-state index in [1.165, 1.54) is 0 Å². The SMILES string of the molecule is C=C(C)c1nccc(-c2cc3cnc(NC4CCOCC4)cc3n2C)n1. The van der Waals surface area contributed by atoms with Crippen LogP contribution in [-0.4, -0.2) is 38.8 Å². The number of nitrogens with zero attached hydrogens (tertiary/aromatic N) is 4. The summed E-state index contributed by atoms with van der Waals surface area (Å²) in [7, 11) is 2.05. The van der Waals surface area contributed by atoms with Gasteiger partial charge in [0, 0.05) is 50.1 Å². The highest BCUT2D eigenvalue weighted by Crippen LogP contribution is 2.28. The smallest absolute Gasteiger partial charge is 0.154 e. The number of aromatic nitrogens is 4. The van der Waals surface area contributed by atoms with Crippen LogP contribution in [0.15, 0.2) is 37.2 Å². The minimum Gasteiger partial charge on any atom is -0.381 e. The Kier molecular flexibility index (Phi) is 4.42. The number of pyridine rings is 1. The topological polar surface area (TPSA) is 64.9 Å². The molecule has 0 spiro atoms. The number of aryl methyl sites for hydroxylation is 1. The minimum atomic E-state index is 0.424. The summed E-state index contributed by atoms with van der Waals surface area (Å²) in [6.45, 7) is 7.47. The summed E-state index contributed by atoms with van der Waals surface area (Å²) < 4.78 is 7.57. The number of rotatable bonds is 4. The fraction of sp³-hybridized carbons (Fsp3) is 0.350. The first-order valence-corrected chi connectivity index (χ1v) is 8.91. The Balaban J connectivity index is 1.68. The highest BCUT2D eigenvalue weighted by molar-refractivity contribution is 5.87. The molecule has 0 atom stereocenters. The van der Waals surface area contributed by atoms with Crippen LogP contribution in [0.5, 0.6) is 0 Å². The van der Waals surface area contributed by atoms with Gasteiger partial charge in [-0.05, 0) is 37.5 Å². The Hall–Kier alpha value is -2.73. The van der Waals surface area contributed by atoms with E-state index >= 15 is 0 Å². The minimum absolute atomic E-state index is 0.424. The van der Waals surface area contributed by atoms with Gasteiger partial charge in [0.05, 0.1) is 16.9 Å². The Morgan fingerprint density at radius 1 is 1.27 bits per heavy atom. The van der Waals surface area contributed by atoms with E-state index in [9.17, 15) is 0 Å². The van der Waals surface area contributed by atoms with Gasteiger partial charge in [-0.15, -0.1) is 0 Å². The summed E-state index contributed by atoms with van der Waals surface area (Å²) in [6, 6.07) is 6.57. The molecule has 1 aliphatic rings. The first kappa shape index (κ1) is 16.7. The second-order valence-corrected chi connectivity index (χ2v) is 6.79. The van der Waals surface area contributed by atoms with Gasteiger partial charge < -0.3 is 14.6 Å². The predicted molar refractivity (Wildman–Crippen MR) is 104 cm³/mol. The Morgan fingerprint density at radius 3 is 2.85 bits per heavy atom. The zero-order valence-corrected chi connectivity index (χ0v) is 15.2. The molecule has 1 saturated heterocycles. The van der Waals surface area contributed by atoms with Crippen molar-refractivity contribution in [2.24, 2.45) is 7.05 Å². The molecule has 1 fully saturated rings.